The number of hydrogen-bond donors (Lipinski definition) is 0. The number of anilines is 1. The van der Waals surface area contributed by atoms with Gasteiger partial charge in [-0.25, -0.2) is 4.79 Å². The van der Waals surface area contributed by atoms with E-state index in [4.69, 9.17) is 4.74 Å². The van der Waals surface area contributed by atoms with Crippen molar-refractivity contribution in [1.29, 1.82) is 0 Å². The number of benzene rings is 1. The van der Waals surface area contributed by atoms with Gasteiger partial charge in [-0.05, 0) is 24.3 Å². The zero-order chi connectivity index (χ0) is 14.0. The van der Waals surface area contributed by atoms with Crippen LogP contribution in [0.2, 0.25) is 0 Å². The van der Waals surface area contributed by atoms with Gasteiger partial charge in [-0.15, -0.1) is 0 Å². The standard InChI is InChI=1S/C12H10N2O5/c1-18-8-5-3-7(4-6-8)14-11(16)10(15)9(13-14)12(17)19-2/h3-6H,1-2H3. The molecule has 0 radical (unpaired) electrons. The Morgan fingerprint density at radius 3 is 2.32 bits per heavy atom. The Bertz CT molecular complexity index is 576. The third-order valence-corrected chi connectivity index (χ3v) is 2.50. The summed E-state index contributed by atoms with van der Waals surface area (Å²) in [7, 11) is 2.62. The molecular weight excluding hydrogens is 252 g/mol. The highest BCUT2D eigenvalue weighted by molar-refractivity contribution is 6.81. The van der Waals surface area contributed by atoms with E-state index in [9.17, 15) is 14.4 Å². The van der Waals surface area contributed by atoms with Crippen LogP contribution in [0.3, 0.4) is 0 Å². The fraction of sp³-hybridized carbons (Fsp3) is 0.167. The monoisotopic (exact) mass is 262 g/mol. The van der Waals surface area contributed by atoms with Crippen LogP contribution in [-0.2, 0) is 19.1 Å². The minimum absolute atomic E-state index is 0.359. The van der Waals surface area contributed by atoms with Crippen molar-refractivity contribution in [3.63, 3.8) is 0 Å². The lowest BCUT2D eigenvalue weighted by molar-refractivity contribution is -0.135. The highest BCUT2D eigenvalue weighted by atomic mass is 16.5. The summed E-state index contributed by atoms with van der Waals surface area (Å²) >= 11 is 0. The zero-order valence-electron chi connectivity index (χ0n) is 10.2. The Labute approximate surface area is 108 Å². The van der Waals surface area contributed by atoms with E-state index in [-0.39, 0.29) is 0 Å². The minimum Gasteiger partial charge on any atom is -0.497 e. The Balaban J connectivity index is 2.34. The van der Waals surface area contributed by atoms with Gasteiger partial charge in [-0.1, -0.05) is 0 Å². The normalized spacial score (nSPS) is 14.4. The predicted octanol–water partition coefficient (Wildman–Crippen LogP) is 0.140. The molecule has 0 saturated heterocycles. The van der Waals surface area contributed by atoms with Crippen molar-refractivity contribution in [3.05, 3.63) is 24.3 Å². The minimum atomic E-state index is -0.984. The summed E-state index contributed by atoms with van der Waals surface area (Å²) in [5, 5.41) is 4.54. The maximum absolute atomic E-state index is 11.7. The van der Waals surface area contributed by atoms with E-state index in [0.717, 1.165) is 12.1 Å². The number of esters is 1. The Kier molecular flexibility index (Phi) is 3.28. The molecule has 0 fully saturated rings. The van der Waals surface area contributed by atoms with Crippen LogP contribution in [0.15, 0.2) is 29.4 Å². The summed E-state index contributed by atoms with van der Waals surface area (Å²) in [6, 6.07) is 6.32. The first-order valence-electron chi connectivity index (χ1n) is 5.28. The van der Waals surface area contributed by atoms with Crippen LogP contribution in [0.25, 0.3) is 0 Å². The number of ether oxygens (including phenoxy) is 2. The molecule has 98 valence electrons. The molecule has 1 heterocycles. The van der Waals surface area contributed by atoms with Crippen molar-refractivity contribution < 1.29 is 23.9 Å². The largest absolute Gasteiger partial charge is 0.497 e. The van der Waals surface area contributed by atoms with Gasteiger partial charge in [-0.3, -0.25) is 9.59 Å². The smallest absolute Gasteiger partial charge is 0.362 e. The molecule has 0 spiro atoms. The average molecular weight is 262 g/mol. The van der Waals surface area contributed by atoms with Gasteiger partial charge in [0.2, 0.25) is 5.71 Å². The SMILES string of the molecule is COC(=O)C1=NN(c2ccc(OC)cc2)C(=O)C1=O. The van der Waals surface area contributed by atoms with Crippen LogP contribution in [0.1, 0.15) is 0 Å². The van der Waals surface area contributed by atoms with Gasteiger partial charge in [0.1, 0.15) is 5.75 Å². The van der Waals surface area contributed by atoms with E-state index >= 15 is 0 Å². The van der Waals surface area contributed by atoms with Crippen molar-refractivity contribution >= 4 is 29.1 Å². The molecule has 1 aromatic rings. The second-order valence-corrected chi connectivity index (χ2v) is 3.58. The second-order valence-electron chi connectivity index (χ2n) is 3.58. The molecule has 1 aliphatic rings. The quantitative estimate of drug-likeness (QED) is 0.571. The number of carbonyl (C=O) groups is 3. The van der Waals surface area contributed by atoms with Crippen LogP contribution in [0.5, 0.6) is 5.75 Å². The molecule has 19 heavy (non-hydrogen) atoms. The van der Waals surface area contributed by atoms with E-state index in [0.29, 0.717) is 11.4 Å². The summed E-state index contributed by atoms with van der Waals surface area (Å²) in [6.45, 7) is 0. The first-order chi connectivity index (χ1) is 9.08. The summed E-state index contributed by atoms with van der Waals surface area (Å²) < 4.78 is 9.36. The molecule has 0 bridgehead atoms. The maximum Gasteiger partial charge on any atom is 0.362 e. The van der Waals surface area contributed by atoms with E-state index in [2.05, 4.69) is 9.84 Å². The Hall–Kier alpha value is -2.70. The maximum atomic E-state index is 11.7. The van der Waals surface area contributed by atoms with Crippen LogP contribution < -0.4 is 9.75 Å². The predicted molar refractivity (Wildman–Crippen MR) is 64.9 cm³/mol. The summed E-state index contributed by atoms with van der Waals surface area (Å²) in [4.78, 5) is 34.6. The molecule has 2 rings (SSSR count). The van der Waals surface area contributed by atoms with Gasteiger partial charge in [0.15, 0.2) is 0 Å². The number of hydrazone groups is 1. The highest BCUT2D eigenvalue weighted by Gasteiger charge is 2.39. The molecular formula is C12H10N2O5. The molecule has 0 atom stereocenters. The van der Waals surface area contributed by atoms with Crippen molar-refractivity contribution in [2.24, 2.45) is 5.10 Å². The lowest BCUT2D eigenvalue weighted by atomic mass is 10.2. The first kappa shape index (κ1) is 12.7. The Morgan fingerprint density at radius 2 is 1.79 bits per heavy atom. The number of ketones is 1. The van der Waals surface area contributed by atoms with Crippen LogP contribution in [0, 0.1) is 0 Å². The molecule has 0 N–H and O–H groups in total. The van der Waals surface area contributed by atoms with Crippen LogP contribution in [0.4, 0.5) is 5.69 Å². The summed E-state index contributed by atoms with van der Waals surface area (Å²) in [5.74, 6) is -2.22. The van der Waals surface area contributed by atoms with E-state index < -0.39 is 23.4 Å². The molecule has 7 heteroatoms. The molecule has 1 aromatic carbocycles. The lowest BCUT2D eigenvalue weighted by Gasteiger charge is -2.10. The van der Waals surface area contributed by atoms with Gasteiger partial charge in [0.05, 0.1) is 19.9 Å². The van der Waals surface area contributed by atoms with Crippen molar-refractivity contribution in [1.82, 2.24) is 0 Å². The molecule has 1 amide bonds. The van der Waals surface area contributed by atoms with Crippen LogP contribution in [-0.4, -0.2) is 37.6 Å². The number of nitrogens with zero attached hydrogens (tertiary/aromatic N) is 2. The Morgan fingerprint density at radius 1 is 1.16 bits per heavy atom. The number of hydrogen-bond acceptors (Lipinski definition) is 6. The number of amides is 1. The van der Waals surface area contributed by atoms with E-state index in [1.54, 1.807) is 24.3 Å². The topological polar surface area (TPSA) is 85.3 Å². The fourth-order valence-corrected chi connectivity index (χ4v) is 1.52. The van der Waals surface area contributed by atoms with Gasteiger partial charge in [-0.2, -0.15) is 10.1 Å². The number of methoxy groups -OCH3 is 2. The zero-order valence-corrected chi connectivity index (χ0v) is 10.2. The first-order valence-corrected chi connectivity index (χ1v) is 5.28. The van der Waals surface area contributed by atoms with Gasteiger partial charge in [0, 0.05) is 0 Å². The van der Waals surface area contributed by atoms with Gasteiger partial charge >= 0.3 is 11.9 Å². The molecule has 0 aliphatic carbocycles. The van der Waals surface area contributed by atoms with Gasteiger partial charge in [0.25, 0.3) is 5.78 Å². The van der Waals surface area contributed by atoms with E-state index in [1.165, 1.54) is 7.11 Å². The number of Topliss-reactive ketones (excluding diaryl/α,β-unsaturated/α-hetero) is 1. The van der Waals surface area contributed by atoms with E-state index in [1.807, 2.05) is 0 Å². The molecule has 0 unspecified atom stereocenters. The molecule has 0 saturated carbocycles. The summed E-state index contributed by atoms with van der Waals surface area (Å²) in [5.41, 5.74) is -0.165. The van der Waals surface area contributed by atoms with Gasteiger partial charge < -0.3 is 9.47 Å². The fourth-order valence-electron chi connectivity index (χ4n) is 1.52. The van der Waals surface area contributed by atoms with Crippen molar-refractivity contribution in [2.45, 2.75) is 0 Å². The molecule has 0 aromatic heterocycles. The highest BCUT2D eigenvalue weighted by Crippen LogP contribution is 2.22. The van der Waals surface area contributed by atoms with Crippen LogP contribution >= 0.6 is 0 Å². The molecule has 1 aliphatic heterocycles. The number of rotatable bonds is 3. The average Bonchev–Trinajstić information content (AvgIpc) is 2.75. The lowest BCUT2D eigenvalue weighted by Crippen LogP contribution is -2.30. The van der Waals surface area contributed by atoms with Crippen molar-refractivity contribution in [2.75, 3.05) is 19.2 Å². The molecule has 7 nitrogen and oxygen atoms in total. The number of carbonyl (C=O) groups excluding carboxylic acids is 3. The third-order valence-electron chi connectivity index (χ3n) is 2.50. The second kappa shape index (κ2) is 4.89. The van der Waals surface area contributed by atoms with Crippen molar-refractivity contribution in [3.8, 4) is 5.75 Å². The third kappa shape index (κ3) is 2.17. The summed E-state index contributed by atoms with van der Waals surface area (Å²) in [6.07, 6.45) is 0.